The summed E-state index contributed by atoms with van der Waals surface area (Å²) in [6, 6.07) is 8.14. The number of aryl methyl sites for hydroxylation is 1. The van der Waals surface area contributed by atoms with E-state index in [0.717, 1.165) is 28.8 Å². The van der Waals surface area contributed by atoms with Gasteiger partial charge in [-0.3, -0.25) is 0 Å². The Hall–Kier alpha value is -1.35. The molecule has 0 unspecified atom stereocenters. The Labute approximate surface area is 88.3 Å². The summed E-state index contributed by atoms with van der Waals surface area (Å²) in [6.07, 6.45) is 0. The molecule has 1 heterocycles. The number of hydrogen-bond acceptors (Lipinski definition) is 2. The lowest BCUT2D eigenvalue weighted by molar-refractivity contribution is 0.808. The number of anilines is 1. The third-order valence-electron chi connectivity index (χ3n) is 2.49. The highest BCUT2D eigenvalue weighted by Crippen LogP contribution is 2.26. The minimum absolute atomic E-state index is 0.767. The molecule has 1 aromatic carbocycles. The standard InChI is InChI=1S/C11H12N2S/c1-2-13-10-6-4-3-5-8(10)9(7-14)11(13)12/h3-7H,2,12H2,1H3. The maximum absolute atomic E-state index is 6.00. The van der Waals surface area contributed by atoms with Crippen LogP contribution in [0.15, 0.2) is 24.3 Å². The Kier molecular flexibility index (Phi) is 2.25. The van der Waals surface area contributed by atoms with Crippen molar-refractivity contribution in [2.45, 2.75) is 13.5 Å². The first-order valence-electron chi connectivity index (χ1n) is 4.61. The number of para-hydroxylation sites is 1. The molecule has 72 valence electrons. The molecule has 2 N–H and O–H groups in total. The average molecular weight is 204 g/mol. The maximum atomic E-state index is 6.00. The Bertz CT molecular complexity index is 485. The smallest absolute Gasteiger partial charge is 0.112 e. The van der Waals surface area contributed by atoms with Gasteiger partial charge < -0.3 is 10.3 Å². The van der Waals surface area contributed by atoms with Crippen LogP contribution in [-0.2, 0) is 6.54 Å². The lowest BCUT2D eigenvalue weighted by atomic mass is 10.2. The Morgan fingerprint density at radius 2 is 2.14 bits per heavy atom. The van der Waals surface area contributed by atoms with Crippen LogP contribution in [0, 0.1) is 0 Å². The molecule has 0 saturated carbocycles. The van der Waals surface area contributed by atoms with Crippen LogP contribution in [0.5, 0.6) is 0 Å². The fraction of sp³-hybridized carbons (Fsp3) is 0.182. The molecule has 0 atom stereocenters. The highest BCUT2D eigenvalue weighted by molar-refractivity contribution is 7.79. The van der Waals surface area contributed by atoms with Gasteiger partial charge in [-0.1, -0.05) is 30.4 Å². The minimum Gasteiger partial charge on any atom is -0.385 e. The van der Waals surface area contributed by atoms with Gasteiger partial charge in [0, 0.05) is 22.9 Å². The van der Waals surface area contributed by atoms with E-state index in [-0.39, 0.29) is 0 Å². The van der Waals surface area contributed by atoms with Crippen LogP contribution in [-0.4, -0.2) is 9.93 Å². The molecule has 0 aliphatic rings. The van der Waals surface area contributed by atoms with Gasteiger partial charge in [-0.25, -0.2) is 0 Å². The summed E-state index contributed by atoms with van der Waals surface area (Å²) >= 11 is 4.98. The highest BCUT2D eigenvalue weighted by Gasteiger charge is 2.10. The minimum atomic E-state index is 0.767. The number of hydrogen-bond donors (Lipinski definition) is 1. The third kappa shape index (κ3) is 1.13. The largest absolute Gasteiger partial charge is 0.385 e. The number of nitrogen functional groups attached to an aromatic ring is 1. The van der Waals surface area contributed by atoms with E-state index in [4.69, 9.17) is 18.0 Å². The highest BCUT2D eigenvalue weighted by atomic mass is 32.1. The number of benzene rings is 1. The molecular weight excluding hydrogens is 192 g/mol. The molecule has 0 aliphatic carbocycles. The van der Waals surface area contributed by atoms with Crippen LogP contribution < -0.4 is 5.73 Å². The molecule has 2 rings (SSSR count). The summed E-state index contributed by atoms with van der Waals surface area (Å²) < 4.78 is 2.08. The zero-order chi connectivity index (χ0) is 10.1. The molecule has 0 spiro atoms. The van der Waals surface area contributed by atoms with Gasteiger partial charge in [-0.15, -0.1) is 0 Å². The Balaban J connectivity index is 2.91. The van der Waals surface area contributed by atoms with E-state index in [0.29, 0.717) is 0 Å². The second-order valence-electron chi connectivity index (χ2n) is 3.18. The van der Waals surface area contributed by atoms with Gasteiger partial charge in [-0.05, 0) is 13.0 Å². The van der Waals surface area contributed by atoms with Crippen molar-refractivity contribution >= 4 is 34.3 Å². The van der Waals surface area contributed by atoms with E-state index >= 15 is 0 Å². The number of nitrogens with zero attached hydrogens (tertiary/aromatic N) is 1. The molecule has 2 aromatic rings. The fourth-order valence-electron chi connectivity index (χ4n) is 1.81. The van der Waals surface area contributed by atoms with Gasteiger partial charge in [-0.2, -0.15) is 0 Å². The second-order valence-corrected chi connectivity index (χ2v) is 3.41. The predicted molar refractivity (Wildman–Crippen MR) is 64.8 cm³/mol. The molecule has 14 heavy (non-hydrogen) atoms. The molecule has 2 nitrogen and oxygen atoms in total. The van der Waals surface area contributed by atoms with E-state index in [1.165, 1.54) is 0 Å². The number of nitrogens with two attached hydrogens (primary N) is 1. The summed E-state index contributed by atoms with van der Waals surface area (Å²) in [5, 5.41) is 2.80. The lowest BCUT2D eigenvalue weighted by Gasteiger charge is -2.02. The molecule has 0 aliphatic heterocycles. The lowest BCUT2D eigenvalue weighted by Crippen LogP contribution is -2.01. The summed E-state index contributed by atoms with van der Waals surface area (Å²) in [7, 11) is 0. The first-order valence-corrected chi connectivity index (χ1v) is 5.08. The molecular formula is C11H12N2S. The van der Waals surface area contributed by atoms with Crippen LogP contribution in [0.4, 0.5) is 5.82 Å². The van der Waals surface area contributed by atoms with E-state index in [2.05, 4.69) is 23.6 Å². The Morgan fingerprint density at radius 3 is 2.79 bits per heavy atom. The normalized spacial score (nSPS) is 10.6. The maximum Gasteiger partial charge on any atom is 0.112 e. The predicted octanol–water partition coefficient (Wildman–Crippen LogP) is 2.59. The average Bonchev–Trinajstić information content (AvgIpc) is 2.49. The van der Waals surface area contributed by atoms with Crippen molar-refractivity contribution < 1.29 is 0 Å². The van der Waals surface area contributed by atoms with Crippen LogP contribution in [0.3, 0.4) is 0 Å². The van der Waals surface area contributed by atoms with E-state index in [9.17, 15) is 0 Å². The molecule has 3 heteroatoms. The molecule has 0 saturated heterocycles. The van der Waals surface area contributed by atoms with Crippen LogP contribution in [0.2, 0.25) is 0 Å². The van der Waals surface area contributed by atoms with Gasteiger partial charge in [0.2, 0.25) is 0 Å². The summed E-state index contributed by atoms with van der Waals surface area (Å²) in [4.78, 5) is 0. The number of fused-ring (bicyclic) bond motifs is 1. The van der Waals surface area contributed by atoms with Gasteiger partial charge in [0.1, 0.15) is 5.82 Å². The second kappa shape index (κ2) is 3.42. The van der Waals surface area contributed by atoms with Gasteiger partial charge in [0.25, 0.3) is 0 Å². The molecule has 0 bridgehead atoms. The summed E-state index contributed by atoms with van der Waals surface area (Å²) in [6.45, 7) is 2.95. The summed E-state index contributed by atoms with van der Waals surface area (Å²) in [5.74, 6) is 0.767. The number of aromatic nitrogens is 1. The summed E-state index contributed by atoms with van der Waals surface area (Å²) in [5.41, 5.74) is 8.13. The van der Waals surface area contributed by atoms with Crippen LogP contribution in [0.25, 0.3) is 10.9 Å². The molecule has 1 aromatic heterocycles. The Morgan fingerprint density at radius 1 is 1.43 bits per heavy atom. The topological polar surface area (TPSA) is 30.9 Å². The third-order valence-corrected chi connectivity index (χ3v) is 2.72. The van der Waals surface area contributed by atoms with E-state index in [1.54, 1.807) is 5.37 Å². The van der Waals surface area contributed by atoms with Crippen molar-refractivity contribution in [1.82, 2.24) is 4.57 Å². The van der Waals surface area contributed by atoms with Crippen molar-refractivity contribution in [3.05, 3.63) is 29.8 Å². The number of rotatable bonds is 2. The monoisotopic (exact) mass is 204 g/mol. The number of thiocarbonyl (C=S) groups is 1. The SMILES string of the molecule is CCn1c(N)c(C=S)c2ccccc21. The molecule has 0 amide bonds. The first kappa shape index (κ1) is 9.21. The quantitative estimate of drug-likeness (QED) is 0.762. The van der Waals surface area contributed by atoms with E-state index < -0.39 is 0 Å². The van der Waals surface area contributed by atoms with Crippen molar-refractivity contribution in [3.63, 3.8) is 0 Å². The fourth-order valence-corrected chi connectivity index (χ4v) is 2.06. The van der Waals surface area contributed by atoms with Crippen molar-refractivity contribution in [2.75, 3.05) is 5.73 Å². The first-order chi connectivity index (χ1) is 6.79. The van der Waals surface area contributed by atoms with Crippen molar-refractivity contribution in [1.29, 1.82) is 0 Å². The van der Waals surface area contributed by atoms with Crippen molar-refractivity contribution in [2.24, 2.45) is 0 Å². The van der Waals surface area contributed by atoms with Crippen LogP contribution in [0.1, 0.15) is 12.5 Å². The van der Waals surface area contributed by atoms with E-state index in [1.807, 2.05) is 12.1 Å². The molecule has 0 fully saturated rings. The van der Waals surface area contributed by atoms with Crippen molar-refractivity contribution in [3.8, 4) is 0 Å². The van der Waals surface area contributed by atoms with Gasteiger partial charge >= 0.3 is 0 Å². The molecule has 0 radical (unpaired) electrons. The van der Waals surface area contributed by atoms with Gasteiger partial charge in [0.05, 0.1) is 5.52 Å². The zero-order valence-electron chi connectivity index (χ0n) is 8.03. The zero-order valence-corrected chi connectivity index (χ0v) is 8.84. The van der Waals surface area contributed by atoms with Gasteiger partial charge in [0.15, 0.2) is 0 Å². The van der Waals surface area contributed by atoms with Crippen LogP contribution >= 0.6 is 12.2 Å².